The van der Waals surface area contributed by atoms with Crippen LogP contribution in [0.3, 0.4) is 0 Å². The number of hydrogen-bond donors (Lipinski definition) is 0. The van der Waals surface area contributed by atoms with Gasteiger partial charge in [0.25, 0.3) is 0 Å². The molecule has 2 heteroatoms. The predicted molar refractivity (Wildman–Crippen MR) is 79.0 cm³/mol. The Labute approximate surface area is 114 Å². The van der Waals surface area contributed by atoms with Crippen LogP contribution in [0.4, 0.5) is 0 Å². The van der Waals surface area contributed by atoms with Crippen LogP contribution in [0.5, 0.6) is 0 Å². The van der Waals surface area contributed by atoms with E-state index in [4.69, 9.17) is 4.98 Å². The van der Waals surface area contributed by atoms with Gasteiger partial charge in [0.15, 0.2) is 0 Å². The molecule has 0 radical (unpaired) electrons. The quantitative estimate of drug-likeness (QED) is 0.551. The van der Waals surface area contributed by atoms with Crippen LogP contribution in [-0.2, 0) is 12.8 Å². The molecule has 1 nitrogen and oxygen atoms in total. The predicted octanol–water partition coefficient (Wildman–Crippen LogP) is 4.64. The van der Waals surface area contributed by atoms with E-state index in [1.807, 2.05) is 0 Å². The Kier molecular flexibility index (Phi) is 2.21. The van der Waals surface area contributed by atoms with Crippen molar-refractivity contribution < 1.29 is 0 Å². The molecule has 0 N–H and O–H groups in total. The van der Waals surface area contributed by atoms with Gasteiger partial charge in [0.2, 0.25) is 0 Å². The lowest BCUT2D eigenvalue weighted by atomic mass is 10.0. The minimum absolute atomic E-state index is 1.13. The Hall–Kier alpha value is -1.41. The van der Waals surface area contributed by atoms with E-state index < -0.39 is 0 Å². The first-order valence-corrected chi connectivity index (χ1v) is 7.12. The zero-order valence-corrected chi connectivity index (χ0v) is 11.5. The first kappa shape index (κ1) is 10.5. The zero-order chi connectivity index (χ0) is 12.1. The van der Waals surface area contributed by atoms with Crippen LogP contribution >= 0.6 is 15.9 Å². The fourth-order valence-electron chi connectivity index (χ4n) is 2.93. The van der Waals surface area contributed by atoms with Crippen molar-refractivity contribution in [2.75, 3.05) is 0 Å². The van der Waals surface area contributed by atoms with Gasteiger partial charge in [-0.3, -0.25) is 4.98 Å². The molecule has 3 aromatic rings. The molecular formula is C16H12BrN. The summed E-state index contributed by atoms with van der Waals surface area (Å²) in [5.41, 5.74) is 3.88. The average molecular weight is 298 g/mol. The maximum atomic E-state index is 4.90. The van der Waals surface area contributed by atoms with E-state index in [9.17, 15) is 0 Å². The molecule has 0 saturated heterocycles. The third-order valence-electron chi connectivity index (χ3n) is 3.80. The van der Waals surface area contributed by atoms with Crippen LogP contribution in [0.1, 0.15) is 17.7 Å². The third kappa shape index (κ3) is 1.42. The lowest BCUT2D eigenvalue weighted by Crippen LogP contribution is -1.91. The summed E-state index contributed by atoms with van der Waals surface area (Å²) in [7, 11) is 0. The lowest BCUT2D eigenvalue weighted by molar-refractivity contribution is 0.901. The molecule has 1 aliphatic rings. The van der Waals surface area contributed by atoms with Gasteiger partial charge in [-0.05, 0) is 42.3 Å². The van der Waals surface area contributed by atoms with Crippen LogP contribution in [0, 0.1) is 0 Å². The maximum absolute atomic E-state index is 4.90. The molecule has 4 rings (SSSR count). The molecular weight excluding hydrogens is 286 g/mol. The molecule has 1 heterocycles. The van der Waals surface area contributed by atoms with Gasteiger partial charge in [0.05, 0.1) is 5.52 Å². The number of nitrogens with zero attached hydrogens (tertiary/aromatic N) is 1. The third-order valence-corrected chi connectivity index (χ3v) is 4.46. The maximum Gasteiger partial charge on any atom is 0.0784 e. The highest BCUT2D eigenvalue weighted by Crippen LogP contribution is 2.33. The van der Waals surface area contributed by atoms with Crippen molar-refractivity contribution in [3.05, 3.63) is 52.1 Å². The van der Waals surface area contributed by atoms with Gasteiger partial charge in [0, 0.05) is 20.9 Å². The van der Waals surface area contributed by atoms with Gasteiger partial charge in [0.1, 0.15) is 0 Å². The summed E-state index contributed by atoms with van der Waals surface area (Å²) in [6, 6.07) is 13.0. The van der Waals surface area contributed by atoms with Crippen molar-refractivity contribution in [2.24, 2.45) is 0 Å². The molecule has 0 saturated carbocycles. The molecule has 18 heavy (non-hydrogen) atoms. The van der Waals surface area contributed by atoms with Crippen LogP contribution < -0.4 is 0 Å². The van der Waals surface area contributed by atoms with E-state index in [0.717, 1.165) is 16.4 Å². The number of halogens is 1. The number of aryl methyl sites for hydroxylation is 2. The molecule has 0 spiro atoms. The number of rotatable bonds is 0. The molecule has 0 amide bonds. The second-order valence-electron chi connectivity index (χ2n) is 4.92. The van der Waals surface area contributed by atoms with Crippen LogP contribution in [0.25, 0.3) is 21.7 Å². The normalized spacial score (nSPS) is 14.3. The number of benzene rings is 2. The Morgan fingerprint density at radius 2 is 1.83 bits per heavy atom. The fraction of sp³-hybridized carbons (Fsp3) is 0.188. The van der Waals surface area contributed by atoms with Crippen LogP contribution in [-0.4, -0.2) is 4.98 Å². The van der Waals surface area contributed by atoms with E-state index in [0.29, 0.717) is 0 Å². The smallest absolute Gasteiger partial charge is 0.0784 e. The van der Waals surface area contributed by atoms with Gasteiger partial charge in [-0.15, -0.1) is 0 Å². The summed E-state index contributed by atoms with van der Waals surface area (Å²) in [6.45, 7) is 0. The number of pyridine rings is 1. The highest BCUT2D eigenvalue weighted by Gasteiger charge is 2.15. The van der Waals surface area contributed by atoms with E-state index in [1.165, 1.54) is 40.3 Å². The SMILES string of the molecule is Brc1cc2cc3c(nc2c2ccccc12)CCC3. The van der Waals surface area contributed by atoms with Crippen molar-refractivity contribution in [3.8, 4) is 0 Å². The molecule has 0 fully saturated rings. The van der Waals surface area contributed by atoms with Crippen molar-refractivity contribution in [3.63, 3.8) is 0 Å². The Morgan fingerprint density at radius 3 is 2.72 bits per heavy atom. The highest BCUT2D eigenvalue weighted by molar-refractivity contribution is 9.10. The second kappa shape index (κ2) is 3.79. The Morgan fingerprint density at radius 1 is 1.00 bits per heavy atom. The first-order chi connectivity index (χ1) is 8.83. The van der Waals surface area contributed by atoms with Gasteiger partial charge in [-0.2, -0.15) is 0 Å². The summed E-state index contributed by atoms with van der Waals surface area (Å²) in [5.74, 6) is 0. The molecule has 88 valence electrons. The van der Waals surface area contributed by atoms with Gasteiger partial charge in [-0.25, -0.2) is 0 Å². The molecule has 2 aromatic carbocycles. The van der Waals surface area contributed by atoms with Crippen molar-refractivity contribution >= 4 is 37.6 Å². The Bertz CT molecular complexity index is 777. The van der Waals surface area contributed by atoms with Crippen molar-refractivity contribution in [1.29, 1.82) is 0 Å². The van der Waals surface area contributed by atoms with Crippen molar-refractivity contribution in [1.82, 2.24) is 4.98 Å². The van der Waals surface area contributed by atoms with Gasteiger partial charge < -0.3 is 0 Å². The van der Waals surface area contributed by atoms with Gasteiger partial charge >= 0.3 is 0 Å². The summed E-state index contributed by atoms with van der Waals surface area (Å²) in [5, 5.41) is 3.74. The summed E-state index contributed by atoms with van der Waals surface area (Å²) in [6.07, 6.45) is 3.57. The molecule has 0 bridgehead atoms. The summed E-state index contributed by atoms with van der Waals surface area (Å²) >= 11 is 3.67. The number of hydrogen-bond acceptors (Lipinski definition) is 1. The van der Waals surface area contributed by atoms with E-state index in [-0.39, 0.29) is 0 Å². The zero-order valence-electron chi connectivity index (χ0n) is 9.91. The second-order valence-corrected chi connectivity index (χ2v) is 5.78. The topological polar surface area (TPSA) is 12.9 Å². The average Bonchev–Trinajstić information content (AvgIpc) is 2.84. The Balaban J connectivity index is 2.21. The summed E-state index contributed by atoms with van der Waals surface area (Å²) < 4.78 is 1.16. The van der Waals surface area contributed by atoms with Crippen LogP contribution in [0.15, 0.2) is 40.9 Å². The minimum Gasteiger partial charge on any atom is -0.252 e. The van der Waals surface area contributed by atoms with Crippen LogP contribution in [0.2, 0.25) is 0 Å². The largest absolute Gasteiger partial charge is 0.252 e. The van der Waals surface area contributed by atoms with Crippen molar-refractivity contribution in [2.45, 2.75) is 19.3 Å². The van der Waals surface area contributed by atoms with Gasteiger partial charge in [-0.1, -0.05) is 40.2 Å². The summed E-state index contributed by atoms with van der Waals surface area (Å²) in [4.78, 5) is 4.90. The monoisotopic (exact) mass is 297 g/mol. The minimum atomic E-state index is 1.13. The molecule has 1 aliphatic carbocycles. The lowest BCUT2D eigenvalue weighted by Gasteiger charge is -2.08. The molecule has 1 aromatic heterocycles. The molecule has 0 unspecified atom stereocenters. The number of aromatic nitrogens is 1. The highest BCUT2D eigenvalue weighted by atomic mass is 79.9. The van der Waals surface area contributed by atoms with E-state index in [1.54, 1.807) is 0 Å². The standard InChI is InChI=1S/C16H12BrN/c17-14-9-11-8-10-4-3-7-15(10)18-16(11)13-6-2-1-5-12(13)14/h1-2,5-6,8-9H,3-4,7H2. The molecule has 0 atom stereocenters. The first-order valence-electron chi connectivity index (χ1n) is 6.33. The molecule has 0 aliphatic heterocycles. The number of fused-ring (bicyclic) bond motifs is 4. The fourth-order valence-corrected chi connectivity index (χ4v) is 3.52. The van der Waals surface area contributed by atoms with E-state index >= 15 is 0 Å². The van der Waals surface area contributed by atoms with E-state index in [2.05, 4.69) is 52.3 Å².